The van der Waals surface area contributed by atoms with Gasteiger partial charge in [-0.25, -0.2) is 4.39 Å². The molecule has 3 nitrogen and oxygen atoms in total. The second kappa shape index (κ2) is 7.38. The zero-order chi connectivity index (χ0) is 16.1. The summed E-state index contributed by atoms with van der Waals surface area (Å²) < 4.78 is 18.3. The summed E-state index contributed by atoms with van der Waals surface area (Å²) >= 11 is 11.6. The molecule has 0 amide bonds. The normalized spacial score (nSPS) is 10.3. The van der Waals surface area contributed by atoms with E-state index in [0.717, 1.165) is 0 Å². The topological polar surface area (TPSA) is 43.4 Å². The zero-order valence-electron chi connectivity index (χ0n) is 11.3. The van der Waals surface area contributed by atoms with Crippen molar-refractivity contribution in [3.8, 4) is 0 Å². The van der Waals surface area contributed by atoms with E-state index in [1.165, 1.54) is 36.4 Å². The van der Waals surface area contributed by atoms with E-state index in [0.29, 0.717) is 5.02 Å². The summed E-state index contributed by atoms with van der Waals surface area (Å²) in [5.41, 5.74) is 0.502. The average molecular weight is 341 g/mol. The fourth-order valence-electron chi connectivity index (χ4n) is 1.75. The average Bonchev–Trinajstić information content (AvgIpc) is 2.50. The molecule has 0 radical (unpaired) electrons. The predicted octanol–water partition coefficient (Wildman–Crippen LogP) is 4.10. The number of carbonyl (C=O) groups excluding carboxylic acids is 2. The zero-order valence-corrected chi connectivity index (χ0v) is 12.8. The number of hydrogen-bond donors (Lipinski definition) is 0. The maximum absolute atomic E-state index is 13.4. The second-order valence-corrected chi connectivity index (χ2v) is 5.30. The molecule has 0 fully saturated rings. The summed E-state index contributed by atoms with van der Waals surface area (Å²) in [4.78, 5) is 23.5. The molecule has 0 aliphatic carbocycles. The van der Waals surface area contributed by atoms with Crippen LogP contribution in [0.3, 0.4) is 0 Å². The molecule has 114 valence electrons. The van der Waals surface area contributed by atoms with Gasteiger partial charge in [0.2, 0.25) is 0 Å². The highest BCUT2D eigenvalue weighted by Crippen LogP contribution is 2.22. The molecule has 0 heterocycles. The Balaban J connectivity index is 1.92. The number of carbonyl (C=O) groups is 2. The van der Waals surface area contributed by atoms with Crippen LogP contribution in [0.2, 0.25) is 10.0 Å². The highest BCUT2D eigenvalue weighted by Gasteiger charge is 2.13. The van der Waals surface area contributed by atoms with Gasteiger partial charge in [-0.15, -0.1) is 0 Å². The monoisotopic (exact) mass is 340 g/mol. The molecule has 22 heavy (non-hydrogen) atoms. The lowest BCUT2D eigenvalue weighted by Crippen LogP contribution is -2.16. The van der Waals surface area contributed by atoms with E-state index < -0.39 is 24.2 Å². The molecular weight excluding hydrogens is 330 g/mol. The van der Waals surface area contributed by atoms with Gasteiger partial charge in [-0.05, 0) is 29.8 Å². The fraction of sp³-hybridized carbons (Fsp3) is 0.125. The van der Waals surface area contributed by atoms with Crippen molar-refractivity contribution in [3.63, 3.8) is 0 Å². The molecule has 0 N–H and O–H groups in total. The van der Waals surface area contributed by atoms with Gasteiger partial charge in [-0.2, -0.15) is 0 Å². The Morgan fingerprint density at radius 1 is 1.05 bits per heavy atom. The van der Waals surface area contributed by atoms with Gasteiger partial charge in [0, 0.05) is 5.56 Å². The molecule has 2 rings (SSSR count). The molecule has 0 aromatic heterocycles. The Morgan fingerprint density at radius 3 is 2.45 bits per heavy atom. The van der Waals surface area contributed by atoms with Crippen LogP contribution in [0.1, 0.15) is 15.9 Å². The van der Waals surface area contributed by atoms with Crippen molar-refractivity contribution in [3.05, 3.63) is 69.5 Å². The Morgan fingerprint density at radius 2 is 1.77 bits per heavy atom. The quantitative estimate of drug-likeness (QED) is 0.607. The number of rotatable bonds is 5. The number of esters is 1. The number of ketones is 1. The minimum Gasteiger partial charge on any atom is -0.457 e. The van der Waals surface area contributed by atoms with Crippen molar-refractivity contribution >= 4 is 35.0 Å². The molecular formula is C16H11Cl2FO3. The number of ether oxygens (including phenoxy) is 1. The Kier molecular flexibility index (Phi) is 5.52. The second-order valence-electron chi connectivity index (χ2n) is 4.48. The third-order valence-electron chi connectivity index (χ3n) is 2.90. The fourth-order valence-corrected chi connectivity index (χ4v) is 2.05. The summed E-state index contributed by atoms with van der Waals surface area (Å²) in [6.45, 7) is -0.439. The lowest BCUT2D eigenvalue weighted by Gasteiger charge is -2.06. The van der Waals surface area contributed by atoms with Gasteiger partial charge in [0.1, 0.15) is 5.82 Å². The molecule has 0 saturated carbocycles. The van der Waals surface area contributed by atoms with Crippen molar-refractivity contribution in [1.82, 2.24) is 0 Å². The lowest BCUT2D eigenvalue weighted by molar-refractivity contribution is -0.141. The van der Waals surface area contributed by atoms with Crippen molar-refractivity contribution in [2.45, 2.75) is 6.42 Å². The molecule has 0 aliphatic heterocycles. The van der Waals surface area contributed by atoms with Crippen LogP contribution in [-0.4, -0.2) is 18.4 Å². The standard InChI is InChI=1S/C16H11Cl2FO3/c17-12-6-5-11(7-13(12)18)15(20)9-22-16(21)8-10-3-1-2-4-14(10)19/h1-7H,8-9H2. The SMILES string of the molecule is O=C(Cc1ccccc1F)OCC(=O)c1ccc(Cl)c(Cl)c1. The van der Waals surface area contributed by atoms with Crippen LogP contribution in [0.25, 0.3) is 0 Å². The first-order chi connectivity index (χ1) is 10.5. The minimum atomic E-state index is -0.682. The molecule has 2 aromatic carbocycles. The Hall–Kier alpha value is -1.91. The van der Waals surface area contributed by atoms with Crippen molar-refractivity contribution in [1.29, 1.82) is 0 Å². The largest absolute Gasteiger partial charge is 0.457 e. The maximum atomic E-state index is 13.4. The maximum Gasteiger partial charge on any atom is 0.310 e. The highest BCUT2D eigenvalue weighted by atomic mass is 35.5. The van der Waals surface area contributed by atoms with Crippen LogP contribution < -0.4 is 0 Å². The highest BCUT2D eigenvalue weighted by molar-refractivity contribution is 6.42. The van der Waals surface area contributed by atoms with Crippen molar-refractivity contribution in [2.75, 3.05) is 6.61 Å². The predicted molar refractivity (Wildman–Crippen MR) is 81.9 cm³/mol. The summed E-state index contributed by atoms with van der Waals surface area (Å²) in [7, 11) is 0. The first-order valence-corrected chi connectivity index (χ1v) is 7.10. The van der Waals surface area contributed by atoms with Gasteiger partial charge in [-0.1, -0.05) is 41.4 Å². The van der Waals surface area contributed by atoms with Crippen LogP contribution in [0.15, 0.2) is 42.5 Å². The number of hydrogen-bond acceptors (Lipinski definition) is 3. The van der Waals surface area contributed by atoms with Crippen LogP contribution in [0.5, 0.6) is 0 Å². The van der Waals surface area contributed by atoms with E-state index in [2.05, 4.69) is 0 Å². The summed E-state index contributed by atoms with van der Waals surface area (Å²) in [5, 5.41) is 0.569. The molecule has 6 heteroatoms. The molecule has 0 saturated heterocycles. The third-order valence-corrected chi connectivity index (χ3v) is 3.64. The van der Waals surface area contributed by atoms with E-state index in [1.54, 1.807) is 6.07 Å². The van der Waals surface area contributed by atoms with E-state index in [-0.39, 0.29) is 22.6 Å². The molecule has 2 aromatic rings. The lowest BCUT2D eigenvalue weighted by atomic mass is 10.1. The molecule has 0 atom stereocenters. The van der Waals surface area contributed by atoms with Crippen LogP contribution in [0, 0.1) is 5.82 Å². The molecule has 0 aliphatic rings. The van der Waals surface area contributed by atoms with Crippen molar-refractivity contribution in [2.24, 2.45) is 0 Å². The Labute approximate surface area is 136 Å². The first-order valence-electron chi connectivity index (χ1n) is 6.34. The van der Waals surface area contributed by atoms with Crippen LogP contribution in [0.4, 0.5) is 4.39 Å². The number of Topliss-reactive ketones (excluding diaryl/α,β-unsaturated/α-hetero) is 1. The van der Waals surface area contributed by atoms with E-state index in [1.807, 2.05) is 0 Å². The van der Waals surface area contributed by atoms with E-state index >= 15 is 0 Å². The van der Waals surface area contributed by atoms with Gasteiger partial charge >= 0.3 is 5.97 Å². The molecule has 0 spiro atoms. The van der Waals surface area contributed by atoms with E-state index in [9.17, 15) is 14.0 Å². The smallest absolute Gasteiger partial charge is 0.310 e. The van der Waals surface area contributed by atoms with Gasteiger partial charge in [0.25, 0.3) is 0 Å². The summed E-state index contributed by atoms with van der Waals surface area (Å²) in [6.07, 6.45) is -0.235. The van der Waals surface area contributed by atoms with E-state index in [4.69, 9.17) is 27.9 Å². The third kappa shape index (κ3) is 4.29. The number of halogens is 3. The van der Waals surface area contributed by atoms with Gasteiger partial charge in [0.15, 0.2) is 12.4 Å². The minimum absolute atomic E-state index is 0.217. The molecule has 0 bridgehead atoms. The summed E-state index contributed by atoms with van der Waals surface area (Å²) in [5.74, 6) is -1.59. The molecule has 0 unspecified atom stereocenters. The Bertz CT molecular complexity index is 716. The first kappa shape index (κ1) is 16.5. The van der Waals surface area contributed by atoms with Gasteiger partial charge < -0.3 is 4.74 Å². The van der Waals surface area contributed by atoms with Crippen LogP contribution in [-0.2, 0) is 16.0 Å². The van der Waals surface area contributed by atoms with Gasteiger partial charge in [0.05, 0.1) is 16.5 Å². The van der Waals surface area contributed by atoms with Gasteiger partial charge in [-0.3, -0.25) is 9.59 Å². The number of benzene rings is 2. The summed E-state index contributed by atoms with van der Waals surface area (Å²) in [6, 6.07) is 10.3. The van der Waals surface area contributed by atoms with Crippen molar-refractivity contribution < 1.29 is 18.7 Å². The van der Waals surface area contributed by atoms with Crippen LogP contribution >= 0.6 is 23.2 Å².